The lowest BCUT2D eigenvalue weighted by Crippen LogP contribution is -2.38. The highest BCUT2D eigenvalue weighted by Gasteiger charge is 2.61. The van der Waals surface area contributed by atoms with E-state index >= 15 is 0 Å². The summed E-state index contributed by atoms with van der Waals surface area (Å²) in [5.74, 6) is -2.49. The lowest BCUT2D eigenvalue weighted by atomic mass is 9.73. The van der Waals surface area contributed by atoms with E-state index in [2.05, 4.69) is 0 Å². The molecule has 1 aliphatic carbocycles. The molecule has 4 rings (SSSR count). The largest absolute Gasteiger partial charge is 0.497 e. The first-order valence-corrected chi connectivity index (χ1v) is 7.20. The van der Waals surface area contributed by atoms with Gasteiger partial charge in [-0.25, -0.2) is 0 Å². The molecule has 0 spiro atoms. The van der Waals surface area contributed by atoms with E-state index in [1.54, 1.807) is 33.1 Å². The summed E-state index contributed by atoms with van der Waals surface area (Å²) in [5, 5.41) is 0. The lowest BCUT2D eigenvalue weighted by molar-refractivity contribution is -0.159. The normalized spacial score (nSPS) is 34.7. The van der Waals surface area contributed by atoms with Gasteiger partial charge in [0.2, 0.25) is 0 Å². The van der Waals surface area contributed by atoms with Gasteiger partial charge < -0.3 is 18.9 Å². The van der Waals surface area contributed by atoms with Crippen molar-refractivity contribution in [3.63, 3.8) is 0 Å². The molecular formula is C16H16O6. The SMILES string of the molecule is COc1ccc2c(c1)[C@H]1OC(C)(C)O[C@H]1[C@@H]1C(=O)OC(=O)[C@H]21. The van der Waals surface area contributed by atoms with Gasteiger partial charge in [0.1, 0.15) is 23.9 Å². The lowest BCUT2D eigenvalue weighted by Gasteiger charge is -2.32. The van der Waals surface area contributed by atoms with Crippen LogP contribution in [0.4, 0.5) is 0 Å². The van der Waals surface area contributed by atoms with Crippen molar-refractivity contribution in [1.82, 2.24) is 0 Å². The van der Waals surface area contributed by atoms with E-state index in [4.69, 9.17) is 18.9 Å². The molecule has 2 fully saturated rings. The second-order valence-electron chi connectivity index (χ2n) is 6.26. The summed E-state index contributed by atoms with van der Waals surface area (Å²) in [6.45, 7) is 3.59. The van der Waals surface area contributed by atoms with Crippen LogP contribution in [0.1, 0.15) is 37.0 Å². The third kappa shape index (κ3) is 1.74. The quantitative estimate of drug-likeness (QED) is 0.581. The van der Waals surface area contributed by atoms with Crippen LogP contribution in [0, 0.1) is 5.92 Å². The van der Waals surface area contributed by atoms with Crippen LogP contribution in [0.2, 0.25) is 0 Å². The van der Waals surface area contributed by atoms with Crippen molar-refractivity contribution in [1.29, 1.82) is 0 Å². The van der Waals surface area contributed by atoms with Crippen LogP contribution in [0.5, 0.6) is 5.75 Å². The number of benzene rings is 1. The first-order chi connectivity index (χ1) is 10.4. The average Bonchev–Trinajstić information content (AvgIpc) is 2.94. The fraction of sp³-hybridized carbons (Fsp3) is 0.500. The second kappa shape index (κ2) is 4.30. The van der Waals surface area contributed by atoms with Crippen LogP contribution >= 0.6 is 0 Å². The Bertz CT molecular complexity index is 679. The van der Waals surface area contributed by atoms with E-state index in [1.165, 1.54) is 0 Å². The molecule has 6 heteroatoms. The van der Waals surface area contributed by atoms with Crippen LogP contribution in [0.3, 0.4) is 0 Å². The Kier molecular flexibility index (Phi) is 2.68. The maximum Gasteiger partial charge on any atom is 0.322 e. The van der Waals surface area contributed by atoms with E-state index in [9.17, 15) is 9.59 Å². The van der Waals surface area contributed by atoms with Crippen molar-refractivity contribution >= 4 is 11.9 Å². The van der Waals surface area contributed by atoms with Crippen LogP contribution < -0.4 is 4.74 Å². The van der Waals surface area contributed by atoms with Crippen molar-refractivity contribution < 1.29 is 28.5 Å². The first kappa shape index (κ1) is 13.7. The van der Waals surface area contributed by atoms with Crippen LogP contribution in [-0.2, 0) is 23.8 Å². The minimum absolute atomic E-state index is 0.417. The van der Waals surface area contributed by atoms with Crippen LogP contribution in [-0.4, -0.2) is 30.9 Å². The van der Waals surface area contributed by atoms with Gasteiger partial charge in [0.15, 0.2) is 5.79 Å². The van der Waals surface area contributed by atoms with Gasteiger partial charge in [-0.3, -0.25) is 9.59 Å². The van der Waals surface area contributed by atoms with E-state index in [0.29, 0.717) is 5.75 Å². The molecule has 2 aliphatic heterocycles. The second-order valence-corrected chi connectivity index (χ2v) is 6.26. The maximum absolute atomic E-state index is 12.1. The number of esters is 2. The number of methoxy groups -OCH3 is 1. The summed E-state index contributed by atoms with van der Waals surface area (Å²) in [5.41, 5.74) is 1.58. The van der Waals surface area contributed by atoms with Crippen molar-refractivity contribution in [2.45, 2.75) is 37.8 Å². The predicted octanol–water partition coefficient (Wildman–Crippen LogP) is 1.68. The van der Waals surface area contributed by atoms with Gasteiger partial charge in [0, 0.05) is 0 Å². The van der Waals surface area contributed by atoms with Gasteiger partial charge in [-0.05, 0) is 37.1 Å². The number of hydrogen-bond donors (Lipinski definition) is 0. The smallest absolute Gasteiger partial charge is 0.322 e. The number of rotatable bonds is 1. The predicted molar refractivity (Wildman–Crippen MR) is 73.1 cm³/mol. The zero-order valence-corrected chi connectivity index (χ0v) is 12.5. The van der Waals surface area contributed by atoms with Crippen LogP contribution in [0.25, 0.3) is 0 Å². The Morgan fingerprint density at radius 3 is 2.59 bits per heavy atom. The van der Waals surface area contributed by atoms with Crippen LogP contribution in [0.15, 0.2) is 18.2 Å². The van der Waals surface area contributed by atoms with Crippen molar-refractivity contribution in [3.8, 4) is 5.75 Å². The Morgan fingerprint density at radius 1 is 1.09 bits per heavy atom. The van der Waals surface area contributed by atoms with Gasteiger partial charge in [0.05, 0.1) is 13.0 Å². The van der Waals surface area contributed by atoms with Crippen molar-refractivity contribution in [3.05, 3.63) is 29.3 Å². The zero-order chi connectivity index (χ0) is 15.6. The molecule has 0 saturated carbocycles. The van der Waals surface area contributed by atoms with E-state index in [0.717, 1.165) is 11.1 Å². The topological polar surface area (TPSA) is 71.1 Å². The highest BCUT2D eigenvalue weighted by atomic mass is 16.8. The molecule has 6 nitrogen and oxygen atoms in total. The van der Waals surface area contributed by atoms with E-state index in [-0.39, 0.29) is 0 Å². The fourth-order valence-corrected chi connectivity index (χ4v) is 3.66. The number of carbonyl (C=O) groups is 2. The molecule has 0 N–H and O–H groups in total. The first-order valence-electron chi connectivity index (χ1n) is 7.20. The van der Waals surface area contributed by atoms with E-state index < -0.39 is 41.8 Å². The number of carbonyl (C=O) groups excluding carboxylic acids is 2. The Hall–Kier alpha value is -1.92. The molecular weight excluding hydrogens is 288 g/mol. The molecule has 0 unspecified atom stereocenters. The van der Waals surface area contributed by atoms with Gasteiger partial charge in [-0.15, -0.1) is 0 Å². The van der Waals surface area contributed by atoms with Gasteiger partial charge in [-0.2, -0.15) is 0 Å². The van der Waals surface area contributed by atoms with Crippen molar-refractivity contribution in [2.75, 3.05) is 7.11 Å². The molecule has 2 saturated heterocycles. The summed E-state index contributed by atoms with van der Waals surface area (Å²) in [6, 6.07) is 5.41. The number of fused-ring (bicyclic) bond motifs is 6. The summed E-state index contributed by atoms with van der Waals surface area (Å²) in [6.07, 6.45) is -0.946. The van der Waals surface area contributed by atoms with E-state index in [1.807, 2.05) is 6.07 Å². The minimum atomic E-state index is -0.823. The Morgan fingerprint density at radius 2 is 1.86 bits per heavy atom. The summed E-state index contributed by atoms with van der Waals surface area (Å²) >= 11 is 0. The fourth-order valence-electron chi connectivity index (χ4n) is 3.66. The summed E-state index contributed by atoms with van der Waals surface area (Å²) in [4.78, 5) is 24.2. The average molecular weight is 304 g/mol. The highest BCUT2D eigenvalue weighted by molar-refractivity contribution is 6.00. The zero-order valence-electron chi connectivity index (χ0n) is 12.5. The number of ether oxygens (including phenoxy) is 4. The summed E-state index contributed by atoms with van der Waals surface area (Å²) < 4.78 is 22.0. The standard InChI is InChI=1S/C16H16O6/c1-16(2)21-12-9-6-7(19-3)4-5-8(9)10-11(13(12)22-16)15(18)20-14(10)17/h4-6,10-13H,1-3H3/t10-,11-,12-,13+/m1/s1. The van der Waals surface area contributed by atoms with Gasteiger partial charge in [-0.1, -0.05) is 6.07 Å². The van der Waals surface area contributed by atoms with Gasteiger partial charge >= 0.3 is 11.9 Å². The number of hydrogen-bond acceptors (Lipinski definition) is 6. The maximum atomic E-state index is 12.1. The Labute approximate surface area is 127 Å². The molecule has 1 aromatic rings. The summed E-state index contributed by atoms with van der Waals surface area (Å²) in [7, 11) is 1.58. The molecule has 4 atom stereocenters. The Balaban J connectivity index is 1.91. The third-order valence-corrected chi connectivity index (χ3v) is 4.50. The molecule has 0 aromatic heterocycles. The molecule has 0 radical (unpaired) electrons. The molecule has 1 aromatic carbocycles. The molecule has 0 amide bonds. The number of cyclic esters (lactones) is 2. The molecule has 3 aliphatic rings. The minimum Gasteiger partial charge on any atom is -0.497 e. The molecule has 22 heavy (non-hydrogen) atoms. The third-order valence-electron chi connectivity index (χ3n) is 4.50. The molecule has 2 heterocycles. The molecule has 0 bridgehead atoms. The van der Waals surface area contributed by atoms with Gasteiger partial charge in [0.25, 0.3) is 0 Å². The van der Waals surface area contributed by atoms with Crippen molar-refractivity contribution in [2.24, 2.45) is 5.92 Å². The molecule has 116 valence electrons. The highest BCUT2D eigenvalue weighted by Crippen LogP contribution is 2.54. The monoisotopic (exact) mass is 304 g/mol.